The molecule has 20 heavy (non-hydrogen) atoms. The second-order valence-electron chi connectivity index (χ2n) is 5.72. The Labute approximate surface area is 120 Å². The van der Waals surface area contributed by atoms with Crippen molar-refractivity contribution in [1.82, 2.24) is 5.32 Å². The van der Waals surface area contributed by atoms with E-state index in [2.05, 4.69) is 5.32 Å². The van der Waals surface area contributed by atoms with E-state index in [1.54, 1.807) is 7.11 Å². The van der Waals surface area contributed by atoms with Gasteiger partial charge in [0.2, 0.25) is 0 Å². The van der Waals surface area contributed by atoms with Crippen LogP contribution < -0.4 is 15.8 Å². The molecule has 0 fully saturated rings. The molecule has 0 aliphatic carbocycles. The predicted octanol–water partition coefficient (Wildman–Crippen LogP) is 2.53. The highest BCUT2D eigenvalue weighted by Gasteiger charge is 2.17. The van der Waals surface area contributed by atoms with Crippen LogP contribution in [0.2, 0.25) is 0 Å². The molecule has 1 atom stereocenters. The normalized spacial score (nSPS) is 12.7. The number of hydrogen-bond donors (Lipinski definition) is 2. The highest BCUT2D eigenvalue weighted by Crippen LogP contribution is 2.21. The molecule has 0 aromatic heterocycles. The Morgan fingerprint density at radius 3 is 2.55 bits per heavy atom. The first kappa shape index (κ1) is 16.3. The lowest BCUT2D eigenvalue weighted by Crippen LogP contribution is -2.36. The number of hydrogen-bond acceptors (Lipinski definition) is 4. The maximum Gasteiger partial charge on any atom is 0.407 e. The molecule has 1 unspecified atom stereocenters. The second kappa shape index (κ2) is 6.61. The van der Waals surface area contributed by atoms with Gasteiger partial charge in [-0.2, -0.15) is 0 Å². The van der Waals surface area contributed by atoms with Gasteiger partial charge in [-0.15, -0.1) is 0 Å². The molecule has 3 N–H and O–H groups in total. The Hall–Kier alpha value is -1.75. The van der Waals surface area contributed by atoms with E-state index in [0.717, 1.165) is 16.9 Å². The lowest BCUT2D eigenvalue weighted by Gasteiger charge is -2.21. The molecule has 5 nitrogen and oxygen atoms in total. The third-order valence-electron chi connectivity index (χ3n) is 2.71. The number of methoxy groups -OCH3 is 1. The molecule has 112 valence electrons. The van der Waals surface area contributed by atoms with E-state index in [1.165, 1.54) is 0 Å². The zero-order chi connectivity index (χ0) is 15.3. The molecule has 1 amide bonds. The third-order valence-corrected chi connectivity index (χ3v) is 2.71. The van der Waals surface area contributed by atoms with E-state index in [9.17, 15) is 4.79 Å². The summed E-state index contributed by atoms with van der Waals surface area (Å²) in [4.78, 5) is 11.6. The van der Waals surface area contributed by atoms with Gasteiger partial charge in [-0.3, -0.25) is 0 Å². The largest absolute Gasteiger partial charge is 0.496 e. The standard InChI is InChI=1S/C15H24N2O3/c1-10-8-11(6-7-13(10)19-5)12(16)9-17-14(18)20-15(2,3)4/h6-8,12H,9,16H2,1-5H3,(H,17,18). The molecule has 1 rings (SSSR count). The summed E-state index contributed by atoms with van der Waals surface area (Å²) in [7, 11) is 1.63. The van der Waals surface area contributed by atoms with Crippen LogP contribution in [0.25, 0.3) is 0 Å². The number of carbonyl (C=O) groups excluding carboxylic acids is 1. The second-order valence-corrected chi connectivity index (χ2v) is 5.72. The van der Waals surface area contributed by atoms with Crippen molar-refractivity contribution in [3.63, 3.8) is 0 Å². The average Bonchev–Trinajstić information content (AvgIpc) is 2.33. The molecular weight excluding hydrogens is 256 g/mol. The number of nitrogens with two attached hydrogens (primary N) is 1. The van der Waals surface area contributed by atoms with Crippen molar-refractivity contribution in [3.05, 3.63) is 29.3 Å². The quantitative estimate of drug-likeness (QED) is 0.889. The Morgan fingerprint density at radius 2 is 2.05 bits per heavy atom. The van der Waals surface area contributed by atoms with Crippen LogP contribution in [0.4, 0.5) is 4.79 Å². The summed E-state index contributed by atoms with van der Waals surface area (Å²) >= 11 is 0. The molecular formula is C15H24N2O3. The Bertz CT molecular complexity index is 467. The van der Waals surface area contributed by atoms with Crippen molar-refractivity contribution >= 4 is 6.09 Å². The van der Waals surface area contributed by atoms with Crippen LogP contribution in [0.5, 0.6) is 5.75 Å². The van der Waals surface area contributed by atoms with Crippen LogP contribution in [0.15, 0.2) is 18.2 Å². The van der Waals surface area contributed by atoms with Gasteiger partial charge in [0.15, 0.2) is 0 Å². The Balaban J connectivity index is 2.57. The number of ether oxygens (including phenoxy) is 2. The van der Waals surface area contributed by atoms with Gasteiger partial charge in [0.1, 0.15) is 11.4 Å². The van der Waals surface area contributed by atoms with Gasteiger partial charge in [0, 0.05) is 12.6 Å². The van der Waals surface area contributed by atoms with Gasteiger partial charge in [0.25, 0.3) is 0 Å². The van der Waals surface area contributed by atoms with Gasteiger partial charge in [0.05, 0.1) is 7.11 Å². The Morgan fingerprint density at radius 1 is 1.40 bits per heavy atom. The number of alkyl carbamates (subject to hydrolysis) is 1. The molecule has 0 aliphatic heterocycles. The van der Waals surface area contributed by atoms with E-state index in [-0.39, 0.29) is 6.04 Å². The first-order valence-corrected chi connectivity index (χ1v) is 6.60. The molecule has 0 heterocycles. The maximum atomic E-state index is 11.6. The van der Waals surface area contributed by atoms with E-state index in [0.29, 0.717) is 6.54 Å². The minimum absolute atomic E-state index is 0.285. The fraction of sp³-hybridized carbons (Fsp3) is 0.533. The van der Waals surface area contributed by atoms with E-state index in [4.69, 9.17) is 15.2 Å². The van der Waals surface area contributed by atoms with Gasteiger partial charge in [-0.1, -0.05) is 12.1 Å². The first-order valence-electron chi connectivity index (χ1n) is 6.60. The Kier molecular flexibility index (Phi) is 5.39. The summed E-state index contributed by atoms with van der Waals surface area (Å²) in [5.74, 6) is 0.820. The van der Waals surface area contributed by atoms with Crippen LogP contribution in [0.3, 0.4) is 0 Å². The molecule has 1 aromatic carbocycles. The highest BCUT2D eigenvalue weighted by atomic mass is 16.6. The fourth-order valence-corrected chi connectivity index (χ4v) is 1.76. The van der Waals surface area contributed by atoms with Gasteiger partial charge in [-0.05, 0) is 44.9 Å². The van der Waals surface area contributed by atoms with E-state index < -0.39 is 11.7 Å². The molecule has 0 spiro atoms. The predicted molar refractivity (Wildman–Crippen MR) is 78.9 cm³/mol. The number of amides is 1. The van der Waals surface area contributed by atoms with Crippen molar-refractivity contribution in [1.29, 1.82) is 0 Å². The summed E-state index contributed by atoms with van der Waals surface area (Å²) in [6, 6.07) is 5.44. The zero-order valence-electron chi connectivity index (χ0n) is 12.8. The minimum atomic E-state index is -0.509. The van der Waals surface area contributed by atoms with Crippen LogP contribution >= 0.6 is 0 Å². The van der Waals surface area contributed by atoms with Crippen LogP contribution in [0, 0.1) is 6.92 Å². The summed E-state index contributed by atoms with van der Waals surface area (Å²) in [5, 5.41) is 2.67. The fourth-order valence-electron chi connectivity index (χ4n) is 1.76. The third kappa shape index (κ3) is 5.09. The van der Waals surface area contributed by atoms with Gasteiger partial charge >= 0.3 is 6.09 Å². The average molecular weight is 280 g/mol. The minimum Gasteiger partial charge on any atom is -0.496 e. The monoisotopic (exact) mass is 280 g/mol. The van der Waals surface area contributed by atoms with E-state index in [1.807, 2.05) is 45.9 Å². The van der Waals surface area contributed by atoms with E-state index >= 15 is 0 Å². The summed E-state index contributed by atoms with van der Waals surface area (Å²) in [6.07, 6.45) is -0.460. The van der Waals surface area contributed by atoms with Crippen molar-refractivity contribution in [2.24, 2.45) is 5.73 Å². The van der Waals surface area contributed by atoms with Crippen molar-refractivity contribution in [2.45, 2.75) is 39.3 Å². The summed E-state index contributed by atoms with van der Waals surface area (Å²) in [6.45, 7) is 7.73. The lowest BCUT2D eigenvalue weighted by atomic mass is 10.0. The molecule has 0 aliphatic rings. The van der Waals surface area contributed by atoms with Gasteiger partial charge in [-0.25, -0.2) is 4.79 Å². The number of benzene rings is 1. The van der Waals surface area contributed by atoms with Crippen molar-refractivity contribution in [3.8, 4) is 5.75 Å². The molecule has 0 bridgehead atoms. The van der Waals surface area contributed by atoms with Gasteiger partial charge < -0.3 is 20.5 Å². The highest BCUT2D eigenvalue weighted by molar-refractivity contribution is 5.67. The molecule has 0 saturated heterocycles. The van der Waals surface area contributed by atoms with Crippen LogP contribution in [-0.2, 0) is 4.74 Å². The summed E-state index contributed by atoms with van der Waals surface area (Å²) in [5.41, 5.74) is 7.50. The van der Waals surface area contributed by atoms with Crippen LogP contribution in [0.1, 0.15) is 37.9 Å². The number of rotatable bonds is 4. The number of carbonyl (C=O) groups is 1. The molecule has 0 radical (unpaired) electrons. The maximum absolute atomic E-state index is 11.6. The van der Waals surface area contributed by atoms with Crippen molar-refractivity contribution < 1.29 is 14.3 Å². The van der Waals surface area contributed by atoms with Crippen molar-refractivity contribution in [2.75, 3.05) is 13.7 Å². The molecule has 0 saturated carbocycles. The SMILES string of the molecule is COc1ccc(C(N)CNC(=O)OC(C)(C)C)cc1C. The van der Waals surface area contributed by atoms with Crippen LogP contribution in [-0.4, -0.2) is 25.3 Å². The zero-order valence-corrected chi connectivity index (χ0v) is 12.8. The first-order chi connectivity index (χ1) is 9.23. The molecule has 5 heteroatoms. The number of aryl methyl sites for hydroxylation is 1. The smallest absolute Gasteiger partial charge is 0.407 e. The topological polar surface area (TPSA) is 73.6 Å². The summed E-state index contributed by atoms with van der Waals surface area (Å²) < 4.78 is 10.4. The lowest BCUT2D eigenvalue weighted by molar-refractivity contribution is 0.0524. The number of nitrogens with one attached hydrogen (secondary N) is 1. The molecule has 1 aromatic rings.